The van der Waals surface area contributed by atoms with Crippen LogP contribution in [0.1, 0.15) is 13.8 Å². The van der Waals surface area contributed by atoms with Crippen molar-refractivity contribution in [3.05, 3.63) is 30.3 Å². The Kier molecular flexibility index (Phi) is 5.60. The van der Waals surface area contributed by atoms with E-state index in [-0.39, 0.29) is 0 Å². The van der Waals surface area contributed by atoms with Gasteiger partial charge in [-0.3, -0.25) is 0 Å². The van der Waals surface area contributed by atoms with Gasteiger partial charge >= 0.3 is 8.56 Å². The van der Waals surface area contributed by atoms with Gasteiger partial charge in [0.1, 0.15) is 0 Å². The van der Waals surface area contributed by atoms with Gasteiger partial charge in [0.05, 0.1) is 0 Å². The minimum absolute atomic E-state index is 0.406. The van der Waals surface area contributed by atoms with Crippen LogP contribution < -0.4 is 5.19 Å². The van der Waals surface area contributed by atoms with Crippen LogP contribution in [0.5, 0.6) is 0 Å². The molecular weight excluding hydrogens is 296 g/mol. The fourth-order valence-electron chi connectivity index (χ4n) is 2.29. The fraction of sp³-hybridized carbons (Fsp3) is 0.600. The molecule has 0 fully saturated rings. The molecule has 0 saturated heterocycles. The molecule has 0 atom stereocenters. The minimum atomic E-state index is -2.40. The van der Waals surface area contributed by atoms with Gasteiger partial charge in [-0.05, 0) is 50.0 Å². The smallest absolute Gasteiger partial charge is 0.354 e. The molecule has 0 aliphatic carbocycles. The van der Waals surface area contributed by atoms with Crippen LogP contribution in [-0.2, 0) is 8.23 Å². The van der Waals surface area contributed by atoms with Crippen molar-refractivity contribution < 1.29 is 8.23 Å². The third kappa shape index (κ3) is 4.96. The van der Waals surface area contributed by atoms with E-state index in [0.717, 1.165) is 0 Å². The normalized spacial score (nSPS) is 13.8. The highest BCUT2D eigenvalue weighted by atomic mass is 28.5. The SMILES string of the molecule is CC(C)[Si](O[Si](C)(C)C)(O[Si](C)(C)C)c1ccccc1. The van der Waals surface area contributed by atoms with Crippen molar-refractivity contribution in [2.45, 2.75) is 58.7 Å². The van der Waals surface area contributed by atoms with E-state index in [2.05, 4.69) is 83.5 Å². The zero-order valence-corrected chi connectivity index (χ0v) is 17.3. The quantitative estimate of drug-likeness (QED) is 0.719. The highest BCUT2D eigenvalue weighted by Gasteiger charge is 2.48. The van der Waals surface area contributed by atoms with Gasteiger partial charge in [0.15, 0.2) is 16.6 Å². The molecule has 1 aromatic carbocycles. The lowest BCUT2D eigenvalue weighted by Gasteiger charge is -2.43. The van der Waals surface area contributed by atoms with Gasteiger partial charge in [0.25, 0.3) is 0 Å². The van der Waals surface area contributed by atoms with Crippen molar-refractivity contribution in [3.8, 4) is 0 Å². The van der Waals surface area contributed by atoms with Crippen molar-refractivity contribution in [2.24, 2.45) is 0 Å². The molecule has 5 heteroatoms. The van der Waals surface area contributed by atoms with E-state index in [4.69, 9.17) is 8.23 Å². The molecule has 0 amide bonds. The lowest BCUT2D eigenvalue weighted by Crippen LogP contribution is -2.64. The summed E-state index contributed by atoms with van der Waals surface area (Å²) < 4.78 is 13.5. The van der Waals surface area contributed by atoms with Crippen molar-refractivity contribution in [1.29, 1.82) is 0 Å². The number of benzene rings is 1. The highest BCUT2D eigenvalue weighted by molar-refractivity contribution is 6.95. The molecule has 1 rings (SSSR count). The van der Waals surface area contributed by atoms with E-state index < -0.39 is 25.2 Å². The van der Waals surface area contributed by atoms with E-state index in [9.17, 15) is 0 Å². The number of hydrogen-bond donors (Lipinski definition) is 0. The highest BCUT2D eigenvalue weighted by Crippen LogP contribution is 2.30. The maximum Gasteiger partial charge on any atom is 0.354 e. The molecule has 114 valence electrons. The molecule has 0 unspecified atom stereocenters. The number of hydrogen-bond acceptors (Lipinski definition) is 2. The Morgan fingerprint density at radius 1 is 0.750 bits per heavy atom. The van der Waals surface area contributed by atoms with Gasteiger partial charge in [0.2, 0.25) is 0 Å². The summed E-state index contributed by atoms with van der Waals surface area (Å²) in [5.41, 5.74) is 0.406. The molecular formula is C15H30O2Si3. The van der Waals surface area contributed by atoms with Crippen LogP contribution >= 0.6 is 0 Å². The Balaban J connectivity index is 3.35. The average molecular weight is 327 g/mol. The third-order valence-corrected chi connectivity index (χ3v) is 12.8. The van der Waals surface area contributed by atoms with Gasteiger partial charge in [-0.25, -0.2) is 0 Å². The maximum absolute atomic E-state index is 6.74. The van der Waals surface area contributed by atoms with E-state index in [1.54, 1.807) is 0 Å². The molecule has 0 spiro atoms. The summed E-state index contributed by atoms with van der Waals surface area (Å²) in [4.78, 5) is 0. The summed E-state index contributed by atoms with van der Waals surface area (Å²) >= 11 is 0. The Hall–Kier alpha value is -0.209. The molecule has 0 bridgehead atoms. The van der Waals surface area contributed by atoms with Crippen LogP contribution in [0.2, 0.25) is 44.8 Å². The molecule has 0 saturated carbocycles. The average Bonchev–Trinajstić information content (AvgIpc) is 2.25. The zero-order valence-electron chi connectivity index (χ0n) is 14.3. The lowest BCUT2D eigenvalue weighted by molar-refractivity contribution is 0.380. The Labute approximate surface area is 128 Å². The van der Waals surface area contributed by atoms with Crippen LogP contribution in [0.4, 0.5) is 0 Å². The molecule has 0 aliphatic heterocycles. The molecule has 0 aliphatic rings. The predicted octanol–water partition coefficient (Wildman–Crippen LogP) is 4.45. The maximum atomic E-state index is 6.74. The second kappa shape index (κ2) is 6.27. The van der Waals surface area contributed by atoms with Crippen LogP contribution in [-0.4, -0.2) is 25.2 Å². The van der Waals surface area contributed by atoms with Crippen LogP contribution in [0.25, 0.3) is 0 Å². The molecule has 0 radical (unpaired) electrons. The van der Waals surface area contributed by atoms with Crippen molar-refractivity contribution in [3.63, 3.8) is 0 Å². The second-order valence-electron chi connectivity index (χ2n) is 7.62. The first-order chi connectivity index (χ1) is 8.96. The van der Waals surface area contributed by atoms with Crippen LogP contribution in [0, 0.1) is 0 Å². The van der Waals surface area contributed by atoms with Crippen molar-refractivity contribution in [2.75, 3.05) is 0 Å². The summed E-state index contributed by atoms with van der Waals surface area (Å²) in [6.45, 7) is 18.0. The number of rotatable bonds is 6. The van der Waals surface area contributed by atoms with E-state index >= 15 is 0 Å². The first-order valence-corrected chi connectivity index (χ1v) is 16.1. The second-order valence-corrected chi connectivity index (χ2v) is 20.8. The fourth-order valence-corrected chi connectivity index (χ4v) is 14.3. The van der Waals surface area contributed by atoms with Gasteiger partial charge in [-0.15, -0.1) is 0 Å². The summed E-state index contributed by atoms with van der Waals surface area (Å²) in [6, 6.07) is 10.6. The standard InChI is InChI=1S/C15H30O2Si3/c1-14(2)20(16-18(3,4)5,17-19(6,7)8)15-12-10-9-11-13-15/h9-14H,1-8H3. The Bertz CT molecular complexity index is 403. The largest absolute Gasteiger partial charge is 0.433 e. The van der Waals surface area contributed by atoms with E-state index in [1.807, 2.05) is 0 Å². The van der Waals surface area contributed by atoms with Crippen LogP contribution in [0.15, 0.2) is 30.3 Å². The van der Waals surface area contributed by atoms with E-state index in [1.165, 1.54) is 5.19 Å². The zero-order chi connectivity index (χ0) is 15.6. The Morgan fingerprint density at radius 3 is 1.45 bits per heavy atom. The minimum Gasteiger partial charge on any atom is -0.433 e. The first kappa shape index (κ1) is 17.8. The van der Waals surface area contributed by atoms with Crippen molar-refractivity contribution >= 4 is 30.4 Å². The molecule has 0 aromatic heterocycles. The molecule has 20 heavy (non-hydrogen) atoms. The monoisotopic (exact) mass is 326 g/mol. The molecule has 0 N–H and O–H groups in total. The van der Waals surface area contributed by atoms with Crippen LogP contribution in [0.3, 0.4) is 0 Å². The van der Waals surface area contributed by atoms with Gasteiger partial charge in [0, 0.05) is 0 Å². The van der Waals surface area contributed by atoms with Crippen molar-refractivity contribution in [1.82, 2.24) is 0 Å². The van der Waals surface area contributed by atoms with Gasteiger partial charge < -0.3 is 8.23 Å². The predicted molar refractivity (Wildman–Crippen MR) is 95.8 cm³/mol. The van der Waals surface area contributed by atoms with E-state index in [0.29, 0.717) is 5.54 Å². The molecule has 1 aromatic rings. The molecule has 2 nitrogen and oxygen atoms in total. The topological polar surface area (TPSA) is 18.5 Å². The lowest BCUT2D eigenvalue weighted by atomic mass is 10.4. The third-order valence-electron chi connectivity index (χ3n) is 2.85. The Morgan fingerprint density at radius 2 is 1.15 bits per heavy atom. The summed E-state index contributed by atoms with van der Waals surface area (Å²) in [7, 11) is -5.75. The summed E-state index contributed by atoms with van der Waals surface area (Å²) in [5.74, 6) is 0. The van der Waals surface area contributed by atoms with Gasteiger partial charge in [-0.2, -0.15) is 0 Å². The summed E-state index contributed by atoms with van der Waals surface area (Å²) in [6.07, 6.45) is 0. The molecule has 0 heterocycles. The van der Waals surface area contributed by atoms with Gasteiger partial charge in [-0.1, -0.05) is 44.2 Å². The first-order valence-electron chi connectivity index (χ1n) is 7.42. The summed E-state index contributed by atoms with van der Waals surface area (Å²) in [5, 5.41) is 1.28.